The van der Waals surface area contributed by atoms with Crippen molar-refractivity contribution in [1.82, 2.24) is 9.78 Å². The molecule has 1 amide bonds. The van der Waals surface area contributed by atoms with Crippen LogP contribution in [0.4, 0.5) is 5.69 Å². The van der Waals surface area contributed by atoms with E-state index in [4.69, 9.17) is 10.9 Å². The molecule has 0 spiro atoms. The molecule has 0 unspecified atom stereocenters. The number of aryl methyl sites for hydroxylation is 1. The molecule has 1 heterocycles. The minimum Gasteiger partial charge on any atom is -0.409 e. The molecule has 7 nitrogen and oxygen atoms in total. The van der Waals surface area contributed by atoms with Crippen molar-refractivity contribution in [3.63, 3.8) is 0 Å². The molecule has 0 atom stereocenters. The maximum atomic E-state index is 12.7. The van der Waals surface area contributed by atoms with Gasteiger partial charge >= 0.3 is 0 Å². The Morgan fingerprint density at radius 2 is 2.05 bits per heavy atom. The summed E-state index contributed by atoms with van der Waals surface area (Å²) in [7, 11) is 0. The summed E-state index contributed by atoms with van der Waals surface area (Å²) in [4.78, 5) is 12.7. The Morgan fingerprint density at radius 3 is 2.48 bits per heavy atom. The van der Waals surface area contributed by atoms with Crippen LogP contribution >= 0.6 is 0 Å². The molecule has 0 saturated heterocycles. The summed E-state index contributed by atoms with van der Waals surface area (Å²) in [5, 5.41) is 19.1. The minimum atomic E-state index is -0.980. The second-order valence-electron chi connectivity index (χ2n) is 5.11. The first-order chi connectivity index (χ1) is 10.0. The molecule has 21 heavy (non-hydrogen) atoms. The molecule has 0 bridgehead atoms. The lowest BCUT2D eigenvalue weighted by Gasteiger charge is -2.30. The minimum absolute atomic E-state index is 0.0356. The Balaban J connectivity index is 3.03. The van der Waals surface area contributed by atoms with Gasteiger partial charge in [0, 0.05) is 12.7 Å². The Hall–Kier alpha value is -2.05. The molecule has 1 aromatic rings. The first-order valence-corrected chi connectivity index (χ1v) is 7.35. The molecule has 7 heteroatoms. The number of aromatic nitrogens is 2. The SMILES string of the molecule is CCCC(CCC)(C(=O)Nc1cnn(CC)c1)C(N)=NO. The van der Waals surface area contributed by atoms with Gasteiger partial charge < -0.3 is 16.3 Å². The number of carbonyl (C=O) groups excluding carboxylic acids is 1. The fourth-order valence-corrected chi connectivity index (χ4v) is 2.53. The van der Waals surface area contributed by atoms with Crippen LogP contribution in [0.25, 0.3) is 0 Å². The van der Waals surface area contributed by atoms with E-state index in [-0.39, 0.29) is 11.7 Å². The quantitative estimate of drug-likeness (QED) is 0.296. The summed E-state index contributed by atoms with van der Waals surface area (Å²) in [6, 6.07) is 0. The van der Waals surface area contributed by atoms with Crippen molar-refractivity contribution in [2.24, 2.45) is 16.3 Å². The lowest BCUT2D eigenvalue weighted by atomic mass is 9.77. The van der Waals surface area contributed by atoms with Gasteiger partial charge in [0.05, 0.1) is 11.9 Å². The first kappa shape index (κ1) is 17.0. The number of nitrogens with zero attached hydrogens (tertiary/aromatic N) is 3. The fraction of sp³-hybridized carbons (Fsp3) is 0.643. The van der Waals surface area contributed by atoms with Crippen LogP contribution in [-0.2, 0) is 11.3 Å². The molecular weight excluding hydrogens is 270 g/mol. The van der Waals surface area contributed by atoms with Gasteiger partial charge in [0.1, 0.15) is 5.41 Å². The number of nitrogens with one attached hydrogen (secondary N) is 1. The van der Waals surface area contributed by atoms with Crippen LogP contribution < -0.4 is 11.1 Å². The van der Waals surface area contributed by atoms with Crippen LogP contribution in [0, 0.1) is 5.41 Å². The number of hydrogen-bond acceptors (Lipinski definition) is 4. The summed E-state index contributed by atoms with van der Waals surface area (Å²) >= 11 is 0. The van der Waals surface area contributed by atoms with Gasteiger partial charge in [-0.25, -0.2) is 0 Å². The second kappa shape index (κ2) is 7.66. The van der Waals surface area contributed by atoms with E-state index in [1.165, 1.54) is 0 Å². The Kier molecular flexibility index (Phi) is 6.20. The molecule has 0 aromatic carbocycles. The second-order valence-corrected chi connectivity index (χ2v) is 5.11. The molecule has 0 radical (unpaired) electrons. The average molecular weight is 295 g/mol. The number of amides is 1. The van der Waals surface area contributed by atoms with E-state index in [9.17, 15) is 4.79 Å². The zero-order valence-electron chi connectivity index (χ0n) is 13.0. The summed E-state index contributed by atoms with van der Waals surface area (Å²) in [6.45, 7) is 6.63. The van der Waals surface area contributed by atoms with Crippen molar-refractivity contribution in [2.45, 2.75) is 53.0 Å². The molecule has 0 aliphatic heterocycles. The normalized spacial score (nSPS) is 12.4. The highest BCUT2D eigenvalue weighted by molar-refractivity contribution is 6.11. The summed E-state index contributed by atoms with van der Waals surface area (Å²) in [6.07, 6.45) is 5.94. The van der Waals surface area contributed by atoms with Gasteiger partial charge in [-0.3, -0.25) is 9.48 Å². The number of hydrogen-bond donors (Lipinski definition) is 3. The molecule has 1 aromatic heterocycles. The van der Waals surface area contributed by atoms with Gasteiger partial charge in [-0.05, 0) is 19.8 Å². The van der Waals surface area contributed by atoms with Crippen LogP contribution in [0.5, 0.6) is 0 Å². The maximum absolute atomic E-state index is 12.7. The van der Waals surface area contributed by atoms with Gasteiger partial charge in [0.2, 0.25) is 5.91 Å². The highest BCUT2D eigenvalue weighted by Gasteiger charge is 2.41. The number of carbonyl (C=O) groups is 1. The molecule has 1 rings (SSSR count). The molecule has 0 aliphatic rings. The standard InChI is InChI=1S/C14H25N5O2/c1-4-7-14(8-5-2,12(15)18-21)13(20)17-11-9-16-19(6-3)10-11/h9-10,21H,4-8H2,1-3H3,(H2,15,18)(H,17,20). The highest BCUT2D eigenvalue weighted by Crippen LogP contribution is 2.32. The third-order valence-corrected chi connectivity index (χ3v) is 3.60. The average Bonchev–Trinajstić information content (AvgIpc) is 2.93. The highest BCUT2D eigenvalue weighted by atomic mass is 16.4. The monoisotopic (exact) mass is 295 g/mol. The lowest BCUT2D eigenvalue weighted by Crippen LogP contribution is -2.47. The summed E-state index contributed by atoms with van der Waals surface area (Å²) in [5.41, 5.74) is 5.46. The number of oxime groups is 1. The van der Waals surface area contributed by atoms with E-state index < -0.39 is 5.41 Å². The van der Waals surface area contributed by atoms with Crippen molar-refractivity contribution in [2.75, 3.05) is 5.32 Å². The van der Waals surface area contributed by atoms with Crippen LogP contribution in [-0.4, -0.2) is 26.7 Å². The fourth-order valence-electron chi connectivity index (χ4n) is 2.53. The Labute approximate surface area is 125 Å². The van der Waals surface area contributed by atoms with Crippen molar-refractivity contribution in [1.29, 1.82) is 0 Å². The van der Waals surface area contributed by atoms with Crippen molar-refractivity contribution in [3.05, 3.63) is 12.4 Å². The van der Waals surface area contributed by atoms with E-state index in [1.54, 1.807) is 17.1 Å². The lowest BCUT2D eigenvalue weighted by molar-refractivity contribution is -0.123. The predicted molar refractivity (Wildman–Crippen MR) is 82.2 cm³/mol. The number of rotatable bonds is 8. The summed E-state index contributed by atoms with van der Waals surface area (Å²) < 4.78 is 1.72. The van der Waals surface area contributed by atoms with E-state index in [0.29, 0.717) is 18.5 Å². The van der Waals surface area contributed by atoms with E-state index in [2.05, 4.69) is 15.6 Å². The van der Waals surface area contributed by atoms with Crippen molar-refractivity contribution in [3.8, 4) is 0 Å². The molecule has 118 valence electrons. The van der Waals surface area contributed by atoms with E-state index >= 15 is 0 Å². The van der Waals surface area contributed by atoms with Crippen LogP contribution in [0.2, 0.25) is 0 Å². The zero-order chi connectivity index (χ0) is 15.9. The van der Waals surface area contributed by atoms with Crippen molar-refractivity contribution < 1.29 is 10.0 Å². The topological polar surface area (TPSA) is 106 Å². The largest absolute Gasteiger partial charge is 0.409 e. The maximum Gasteiger partial charge on any atom is 0.238 e. The van der Waals surface area contributed by atoms with Crippen LogP contribution in [0.1, 0.15) is 46.5 Å². The van der Waals surface area contributed by atoms with Gasteiger partial charge in [-0.15, -0.1) is 0 Å². The van der Waals surface area contributed by atoms with Gasteiger partial charge in [-0.2, -0.15) is 5.10 Å². The molecular formula is C14H25N5O2. The number of anilines is 1. The zero-order valence-corrected chi connectivity index (χ0v) is 13.0. The predicted octanol–water partition coefficient (Wildman–Crippen LogP) is 2.17. The number of nitrogens with two attached hydrogens (primary N) is 1. The van der Waals surface area contributed by atoms with E-state index in [1.807, 2.05) is 20.8 Å². The Bertz CT molecular complexity index is 489. The number of amidine groups is 1. The first-order valence-electron chi connectivity index (χ1n) is 7.35. The van der Waals surface area contributed by atoms with Crippen molar-refractivity contribution >= 4 is 17.4 Å². The van der Waals surface area contributed by atoms with Crippen LogP contribution in [0.3, 0.4) is 0 Å². The molecule has 0 saturated carbocycles. The third-order valence-electron chi connectivity index (χ3n) is 3.60. The smallest absolute Gasteiger partial charge is 0.238 e. The third kappa shape index (κ3) is 3.74. The summed E-state index contributed by atoms with van der Waals surface area (Å²) in [5.74, 6) is -0.288. The Morgan fingerprint density at radius 1 is 1.43 bits per heavy atom. The van der Waals surface area contributed by atoms with Gasteiger partial charge in [0.15, 0.2) is 5.84 Å². The molecule has 0 fully saturated rings. The van der Waals surface area contributed by atoms with Crippen LogP contribution in [0.15, 0.2) is 17.5 Å². The van der Waals surface area contributed by atoms with Gasteiger partial charge in [-0.1, -0.05) is 31.8 Å². The van der Waals surface area contributed by atoms with Gasteiger partial charge in [0.25, 0.3) is 0 Å². The van der Waals surface area contributed by atoms with E-state index in [0.717, 1.165) is 19.4 Å². The molecule has 4 N–H and O–H groups in total. The molecule has 0 aliphatic carbocycles.